The van der Waals surface area contributed by atoms with E-state index in [-0.39, 0.29) is 11.9 Å². The molecule has 0 amide bonds. The zero-order chi connectivity index (χ0) is 17.1. The van der Waals surface area contributed by atoms with Gasteiger partial charge in [0, 0.05) is 28.7 Å². The molecule has 0 saturated carbocycles. The summed E-state index contributed by atoms with van der Waals surface area (Å²) >= 11 is 0. The summed E-state index contributed by atoms with van der Waals surface area (Å²) in [7, 11) is 0. The minimum atomic E-state index is -0.0323. The number of anilines is 2. The van der Waals surface area contributed by atoms with Crippen LogP contribution in [0.2, 0.25) is 0 Å². The molecular weight excluding hydrogens is 302 g/mol. The van der Waals surface area contributed by atoms with Crippen molar-refractivity contribution in [1.29, 1.82) is 5.41 Å². The lowest BCUT2D eigenvalue weighted by atomic mass is 10.0. The van der Waals surface area contributed by atoms with Crippen LogP contribution in [-0.2, 0) is 0 Å². The molecule has 3 rings (SSSR count). The number of amidine groups is 1. The van der Waals surface area contributed by atoms with Crippen LogP contribution in [0.15, 0.2) is 54.6 Å². The molecule has 24 heavy (non-hydrogen) atoms. The SMILES string of the molecule is CC(Nc1cc(N)nc2ccccc12)c1ccc(C(=N)NO)cc1. The Bertz CT molecular complexity index is 876. The van der Waals surface area contributed by atoms with Crippen LogP contribution in [0.3, 0.4) is 0 Å². The van der Waals surface area contributed by atoms with E-state index in [1.165, 1.54) is 0 Å². The lowest BCUT2D eigenvalue weighted by Gasteiger charge is -2.18. The second-order valence-corrected chi connectivity index (χ2v) is 5.59. The molecule has 1 unspecified atom stereocenters. The Hall–Kier alpha value is -3.12. The number of nitrogens with one attached hydrogen (secondary N) is 3. The number of para-hydroxylation sites is 1. The molecular formula is C18H19N5O. The Labute approximate surface area is 139 Å². The molecule has 3 aromatic rings. The van der Waals surface area contributed by atoms with Crippen LogP contribution in [-0.4, -0.2) is 16.0 Å². The fourth-order valence-corrected chi connectivity index (χ4v) is 2.63. The average Bonchev–Trinajstić information content (AvgIpc) is 2.61. The van der Waals surface area contributed by atoms with Crippen molar-refractivity contribution in [2.75, 3.05) is 11.1 Å². The monoisotopic (exact) mass is 321 g/mol. The van der Waals surface area contributed by atoms with E-state index in [0.29, 0.717) is 11.4 Å². The number of hydroxylamine groups is 1. The highest BCUT2D eigenvalue weighted by molar-refractivity contribution is 5.95. The zero-order valence-corrected chi connectivity index (χ0v) is 13.2. The summed E-state index contributed by atoms with van der Waals surface area (Å²) in [5, 5.41) is 20.8. The Morgan fingerprint density at radius 1 is 1.17 bits per heavy atom. The van der Waals surface area contributed by atoms with Crippen molar-refractivity contribution in [3.8, 4) is 0 Å². The number of rotatable bonds is 4. The second-order valence-electron chi connectivity index (χ2n) is 5.59. The molecule has 6 N–H and O–H groups in total. The Morgan fingerprint density at radius 3 is 2.58 bits per heavy atom. The summed E-state index contributed by atoms with van der Waals surface area (Å²) in [5.41, 5.74) is 11.2. The van der Waals surface area contributed by atoms with E-state index in [1.54, 1.807) is 12.1 Å². The number of aromatic nitrogens is 1. The predicted octanol–water partition coefficient (Wildman–Crippen LogP) is 3.29. The van der Waals surface area contributed by atoms with Crippen molar-refractivity contribution in [2.24, 2.45) is 0 Å². The fourth-order valence-electron chi connectivity index (χ4n) is 2.63. The first-order chi connectivity index (χ1) is 11.6. The first-order valence-electron chi connectivity index (χ1n) is 7.59. The van der Waals surface area contributed by atoms with Crippen LogP contribution < -0.4 is 16.5 Å². The van der Waals surface area contributed by atoms with Crippen LogP contribution in [0.5, 0.6) is 0 Å². The highest BCUT2D eigenvalue weighted by Crippen LogP contribution is 2.28. The minimum Gasteiger partial charge on any atom is -0.384 e. The van der Waals surface area contributed by atoms with E-state index < -0.39 is 0 Å². The number of nitrogens with two attached hydrogens (primary N) is 1. The molecule has 0 aliphatic heterocycles. The van der Waals surface area contributed by atoms with Crippen molar-refractivity contribution in [3.05, 3.63) is 65.7 Å². The van der Waals surface area contributed by atoms with Gasteiger partial charge in [0.1, 0.15) is 11.7 Å². The number of hydrogen-bond acceptors (Lipinski definition) is 5. The van der Waals surface area contributed by atoms with Crippen molar-refractivity contribution < 1.29 is 5.21 Å². The maximum absolute atomic E-state index is 8.78. The molecule has 0 bridgehead atoms. The van der Waals surface area contributed by atoms with E-state index in [0.717, 1.165) is 22.2 Å². The first kappa shape index (κ1) is 15.8. The number of fused-ring (bicyclic) bond motifs is 1. The van der Waals surface area contributed by atoms with E-state index in [9.17, 15) is 0 Å². The molecule has 0 saturated heterocycles. The van der Waals surface area contributed by atoms with Gasteiger partial charge in [0.2, 0.25) is 0 Å². The lowest BCUT2D eigenvalue weighted by Crippen LogP contribution is -2.18. The molecule has 1 atom stereocenters. The summed E-state index contributed by atoms with van der Waals surface area (Å²) in [5.74, 6) is 0.441. The minimum absolute atomic E-state index is 0.0323. The van der Waals surface area contributed by atoms with Gasteiger partial charge in [-0.1, -0.05) is 42.5 Å². The topological polar surface area (TPSA) is 107 Å². The summed E-state index contributed by atoms with van der Waals surface area (Å²) in [4.78, 5) is 4.34. The molecule has 0 fully saturated rings. The predicted molar refractivity (Wildman–Crippen MR) is 96.4 cm³/mol. The van der Waals surface area contributed by atoms with Crippen LogP contribution in [0, 0.1) is 5.41 Å². The summed E-state index contributed by atoms with van der Waals surface area (Å²) in [6.45, 7) is 2.05. The zero-order valence-electron chi connectivity index (χ0n) is 13.2. The molecule has 6 nitrogen and oxygen atoms in total. The van der Waals surface area contributed by atoms with Gasteiger partial charge in [-0.25, -0.2) is 4.98 Å². The summed E-state index contributed by atoms with van der Waals surface area (Å²) in [6, 6.07) is 17.1. The van der Waals surface area contributed by atoms with Gasteiger partial charge < -0.3 is 11.1 Å². The third-order valence-electron chi connectivity index (χ3n) is 3.92. The van der Waals surface area contributed by atoms with Crippen molar-refractivity contribution in [3.63, 3.8) is 0 Å². The number of pyridine rings is 1. The van der Waals surface area contributed by atoms with Gasteiger partial charge in [0.15, 0.2) is 0 Å². The maximum atomic E-state index is 8.78. The molecule has 0 radical (unpaired) electrons. The van der Waals surface area contributed by atoms with Crippen molar-refractivity contribution in [2.45, 2.75) is 13.0 Å². The van der Waals surface area contributed by atoms with Gasteiger partial charge in [-0.05, 0) is 18.6 Å². The Kier molecular flexibility index (Phi) is 4.31. The van der Waals surface area contributed by atoms with E-state index in [2.05, 4.69) is 17.2 Å². The van der Waals surface area contributed by atoms with E-state index >= 15 is 0 Å². The third kappa shape index (κ3) is 3.13. The molecule has 6 heteroatoms. The Morgan fingerprint density at radius 2 is 1.88 bits per heavy atom. The Balaban J connectivity index is 1.87. The first-order valence-corrected chi connectivity index (χ1v) is 7.59. The fraction of sp³-hybridized carbons (Fsp3) is 0.111. The smallest absolute Gasteiger partial charge is 0.149 e. The molecule has 0 spiro atoms. The summed E-state index contributed by atoms with van der Waals surface area (Å²) in [6.07, 6.45) is 0. The average molecular weight is 321 g/mol. The number of nitrogens with zero attached hydrogens (tertiary/aromatic N) is 1. The molecule has 1 heterocycles. The quantitative estimate of drug-likeness (QED) is 0.288. The number of hydrogen-bond donors (Lipinski definition) is 5. The van der Waals surface area contributed by atoms with Gasteiger partial charge in [-0.2, -0.15) is 0 Å². The van der Waals surface area contributed by atoms with E-state index in [4.69, 9.17) is 16.4 Å². The van der Waals surface area contributed by atoms with Crippen LogP contribution in [0.1, 0.15) is 24.1 Å². The van der Waals surface area contributed by atoms with Crippen LogP contribution >= 0.6 is 0 Å². The third-order valence-corrected chi connectivity index (χ3v) is 3.92. The number of nitrogen functional groups attached to an aromatic ring is 1. The maximum Gasteiger partial charge on any atom is 0.149 e. The second kappa shape index (κ2) is 6.55. The van der Waals surface area contributed by atoms with Crippen molar-refractivity contribution in [1.82, 2.24) is 10.5 Å². The van der Waals surface area contributed by atoms with Gasteiger partial charge in [0.25, 0.3) is 0 Å². The van der Waals surface area contributed by atoms with Gasteiger partial charge >= 0.3 is 0 Å². The van der Waals surface area contributed by atoms with Crippen molar-refractivity contribution >= 4 is 28.2 Å². The van der Waals surface area contributed by atoms with Crippen LogP contribution in [0.4, 0.5) is 11.5 Å². The van der Waals surface area contributed by atoms with Gasteiger partial charge in [-0.3, -0.25) is 16.1 Å². The van der Waals surface area contributed by atoms with Gasteiger partial charge in [-0.15, -0.1) is 0 Å². The molecule has 0 aliphatic rings. The normalized spacial score (nSPS) is 11.9. The molecule has 1 aromatic heterocycles. The standard InChI is InChI=1S/C18H19N5O/c1-11(12-6-8-13(9-7-12)18(20)23-24)21-16-10-17(19)22-15-5-3-2-4-14(15)16/h2-11,24H,1H3,(H2,20,23)(H3,19,21,22). The summed E-state index contributed by atoms with van der Waals surface area (Å²) < 4.78 is 0. The number of benzene rings is 2. The molecule has 122 valence electrons. The molecule has 0 aliphatic carbocycles. The highest BCUT2D eigenvalue weighted by atomic mass is 16.5. The lowest BCUT2D eigenvalue weighted by molar-refractivity contribution is 0.234. The molecule has 2 aromatic carbocycles. The van der Waals surface area contributed by atoms with Crippen LogP contribution in [0.25, 0.3) is 10.9 Å². The largest absolute Gasteiger partial charge is 0.384 e. The highest BCUT2D eigenvalue weighted by Gasteiger charge is 2.10. The van der Waals surface area contributed by atoms with Gasteiger partial charge in [0.05, 0.1) is 5.52 Å². The van der Waals surface area contributed by atoms with E-state index in [1.807, 2.05) is 47.9 Å².